The SMILES string of the molecule is COc1ccc2nc(C(N)=O)c(N)c(-c3cccc(O)c3C)c2n1. The minimum atomic E-state index is -0.732. The molecule has 0 radical (unpaired) electrons. The number of amides is 1. The maximum absolute atomic E-state index is 11.7. The van der Waals surface area contributed by atoms with E-state index in [0.717, 1.165) is 0 Å². The van der Waals surface area contributed by atoms with Gasteiger partial charge in [0, 0.05) is 11.6 Å². The van der Waals surface area contributed by atoms with Gasteiger partial charge in [-0.15, -0.1) is 0 Å². The first-order valence-corrected chi connectivity index (χ1v) is 7.17. The molecule has 0 bridgehead atoms. The highest BCUT2D eigenvalue weighted by Crippen LogP contribution is 2.38. The Balaban J connectivity index is 2.49. The van der Waals surface area contributed by atoms with Crippen LogP contribution in [0.5, 0.6) is 11.6 Å². The number of fused-ring (bicyclic) bond motifs is 1. The number of anilines is 1. The maximum Gasteiger partial charge on any atom is 0.269 e. The first-order valence-electron chi connectivity index (χ1n) is 7.17. The highest BCUT2D eigenvalue weighted by atomic mass is 16.5. The smallest absolute Gasteiger partial charge is 0.269 e. The van der Waals surface area contributed by atoms with E-state index in [0.29, 0.717) is 33.6 Å². The monoisotopic (exact) mass is 324 g/mol. The van der Waals surface area contributed by atoms with Crippen molar-refractivity contribution < 1.29 is 14.6 Å². The average Bonchev–Trinajstić information content (AvgIpc) is 2.56. The second-order valence-corrected chi connectivity index (χ2v) is 5.28. The summed E-state index contributed by atoms with van der Waals surface area (Å²) in [6.07, 6.45) is 0. The molecule has 0 aliphatic carbocycles. The van der Waals surface area contributed by atoms with Gasteiger partial charge in [0.15, 0.2) is 5.69 Å². The number of benzene rings is 1. The minimum Gasteiger partial charge on any atom is -0.508 e. The van der Waals surface area contributed by atoms with Gasteiger partial charge in [-0.2, -0.15) is 0 Å². The molecule has 3 aromatic rings. The molecular weight excluding hydrogens is 308 g/mol. The Bertz CT molecular complexity index is 970. The number of primary amides is 1. The van der Waals surface area contributed by atoms with Gasteiger partial charge >= 0.3 is 0 Å². The average molecular weight is 324 g/mol. The fourth-order valence-electron chi connectivity index (χ4n) is 2.60. The number of ether oxygens (including phenoxy) is 1. The third-order valence-electron chi connectivity index (χ3n) is 3.86. The third kappa shape index (κ3) is 2.36. The van der Waals surface area contributed by atoms with Crippen LogP contribution in [0.1, 0.15) is 16.1 Å². The van der Waals surface area contributed by atoms with Crippen LogP contribution in [0.4, 0.5) is 5.69 Å². The molecule has 0 unspecified atom stereocenters. The number of carbonyl (C=O) groups excluding carboxylic acids is 1. The van der Waals surface area contributed by atoms with Crippen LogP contribution in [0, 0.1) is 6.92 Å². The summed E-state index contributed by atoms with van der Waals surface area (Å²) in [4.78, 5) is 20.3. The van der Waals surface area contributed by atoms with E-state index in [2.05, 4.69) is 9.97 Å². The van der Waals surface area contributed by atoms with E-state index in [1.54, 1.807) is 37.3 Å². The Morgan fingerprint density at radius 3 is 2.62 bits per heavy atom. The number of pyridine rings is 2. The zero-order chi connectivity index (χ0) is 17.4. The van der Waals surface area contributed by atoms with Crippen molar-refractivity contribution >= 4 is 22.6 Å². The lowest BCUT2D eigenvalue weighted by atomic mass is 9.96. The molecule has 7 heteroatoms. The molecule has 2 heterocycles. The van der Waals surface area contributed by atoms with Crippen LogP contribution in [-0.4, -0.2) is 28.1 Å². The number of rotatable bonds is 3. The molecule has 0 aliphatic rings. The molecule has 0 aliphatic heterocycles. The van der Waals surface area contributed by atoms with E-state index in [4.69, 9.17) is 16.2 Å². The topological polar surface area (TPSA) is 124 Å². The van der Waals surface area contributed by atoms with Crippen molar-refractivity contribution in [2.75, 3.05) is 12.8 Å². The molecule has 0 fully saturated rings. The van der Waals surface area contributed by atoms with Crippen LogP contribution in [-0.2, 0) is 0 Å². The number of phenolic OH excluding ortho intramolecular Hbond substituents is 1. The molecule has 0 atom stereocenters. The first-order chi connectivity index (χ1) is 11.4. The van der Waals surface area contributed by atoms with Gasteiger partial charge in [-0.25, -0.2) is 9.97 Å². The van der Waals surface area contributed by atoms with Crippen molar-refractivity contribution in [3.8, 4) is 22.8 Å². The Morgan fingerprint density at radius 2 is 1.96 bits per heavy atom. The number of nitrogens with two attached hydrogens (primary N) is 2. The third-order valence-corrected chi connectivity index (χ3v) is 3.86. The fourth-order valence-corrected chi connectivity index (χ4v) is 2.60. The Morgan fingerprint density at radius 1 is 1.21 bits per heavy atom. The van der Waals surface area contributed by atoms with Crippen LogP contribution >= 0.6 is 0 Å². The Hall–Kier alpha value is -3.35. The summed E-state index contributed by atoms with van der Waals surface area (Å²) >= 11 is 0. The lowest BCUT2D eigenvalue weighted by Crippen LogP contribution is -2.17. The van der Waals surface area contributed by atoms with Crippen LogP contribution in [0.15, 0.2) is 30.3 Å². The predicted octanol–water partition coefficient (Wildman–Crippen LogP) is 2.00. The number of aromatic nitrogens is 2. The first kappa shape index (κ1) is 15.5. The lowest BCUT2D eigenvalue weighted by Gasteiger charge is -2.15. The van der Waals surface area contributed by atoms with Crippen molar-refractivity contribution in [3.63, 3.8) is 0 Å². The molecule has 1 amide bonds. The maximum atomic E-state index is 11.7. The fraction of sp³-hybridized carbons (Fsp3) is 0.118. The summed E-state index contributed by atoms with van der Waals surface area (Å²) < 4.78 is 5.16. The van der Waals surface area contributed by atoms with Crippen LogP contribution in [0.3, 0.4) is 0 Å². The summed E-state index contributed by atoms with van der Waals surface area (Å²) in [5.41, 5.74) is 14.3. The Labute approximate surface area is 137 Å². The zero-order valence-electron chi connectivity index (χ0n) is 13.2. The van der Waals surface area contributed by atoms with Crippen molar-refractivity contribution in [2.24, 2.45) is 5.73 Å². The molecule has 1 aromatic carbocycles. The van der Waals surface area contributed by atoms with Gasteiger partial charge in [-0.3, -0.25) is 4.79 Å². The quantitative estimate of drug-likeness (QED) is 0.677. The highest BCUT2D eigenvalue weighted by molar-refractivity contribution is 6.07. The van der Waals surface area contributed by atoms with Gasteiger partial charge in [-0.1, -0.05) is 12.1 Å². The minimum absolute atomic E-state index is 0.0350. The number of hydrogen-bond acceptors (Lipinski definition) is 6. The summed E-state index contributed by atoms with van der Waals surface area (Å²) in [5, 5.41) is 10.0. The standard InChI is InChI=1S/C17H16N4O3/c1-8-9(4-3-5-11(8)22)13-14(18)16(17(19)23)20-10-6-7-12(24-2)21-15(10)13/h3-7,22H,18H2,1-2H3,(H2,19,23). The van der Waals surface area contributed by atoms with Gasteiger partial charge in [0.05, 0.1) is 18.3 Å². The normalized spacial score (nSPS) is 10.8. The summed E-state index contributed by atoms with van der Waals surface area (Å²) in [6.45, 7) is 1.75. The van der Waals surface area contributed by atoms with E-state index in [1.807, 2.05) is 0 Å². The number of phenols is 1. The molecule has 2 aromatic heterocycles. The summed E-state index contributed by atoms with van der Waals surface area (Å²) in [5.74, 6) is -0.237. The van der Waals surface area contributed by atoms with Gasteiger partial charge < -0.3 is 21.3 Å². The van der Waals surface area contributed by atoms with Crippen LogP contribution < -0.4 is 16.2 Å². The van der Waals surface area contributed by atoms with Gasteiger partial charge in [-0.05, 0) is 30.2 Å². The number of methoxy groups -OCH3 is 1. The molecule has 0 saturated carbocycles. The van der Waals surface area contributed by atoms with Crippen LogP contribution in [0.2, 0.25) is 0 Å². The number of carbonyl (C=O) groups is 1. The molecule has 3 rings (SSSR count). The highest BCUT2D eigenvalue weighted by Gasteiger charge is 2.21. The van der Waals surface area contributed by atoms with Crippen molar-refractivity contribution in [3.05, 3.63) is 41.6 Å². The second kappa shape index (κ2) is 5.69. The largest absolute Gasteiger partial charge is 0.508 e. The van der Waals surface area contributed by atoms with Crippen LogP contribution in [0.25, 0.3) is 22.2 Å². The zero-order valence-corrected chi connectivity index (χ0v) is 13.2. The summed E-state index contributed by atoms with van der Waals surface area (Å²) in [6, 6.07) is 8.35. The van der Waals surface area contributed by atoms with E-state index in [9.17, 15) is 9.90 Å². The number of aromatic hydroxyl groups is 1. The molecule has 0 spiro atoms. The van der Waals surface area contributed by atoms with Gasteiger partial charge in [0.25, 0.3) is 5.91 Å². The molecule has 122 valence electrons. The number of hydrogen-bond donors (Lipinski definition) is 3. The predicted molar refractivity (Wildman–Crippen MR) is 90.9 cm³/mol. The van der Waals surface area contributed by atoms with E-state index < -0.39 is 5.91 Å². The second-order valence-electron chi connectivity index (χ2n) is 5.28. The summed E-state index contributed by atoms with van der Waals surface area (Å²) in [7, 11) is 1.50. The van der Waals surface area contributed by atoms with E-state index in [1.165, 1.54) is 7.11 Å². The number of nitrogens with zero attached hydrogens (tertiary/aromatic N) is 2. The Kier molecular flexibility index (Phi) is 3.69. The van der Waals surface area contributed by atoms with E-state index >= 15 is 0 Å². The molecular formula is C17H16N4O3. The number of nitrogen functional groups attached to an aromatic ring is 1. The van der Waals surface area contributed by atoms with Crippen molar-refractivity contribution in [1.29, 1.82) is 0 Å². The lowest BCUT2D eigenvalue weighted by molar-refractivity contribution is 0.0997. The van der Waals surface area contributed by atoms with Gasteiger partial charge in [0.2, 0.25) is 5.88 Å². The molecule has 24 heavy (non-hydrogen) atoms. The van der Waals surface area contributed by atoms with Crippen molar-refractivity contribution in [2.45, 2.75) is 6.92 Å². The van der Waals surface area contributed by atoms with Gasteiger partial charge in [0.1, 0.15) is 11.3 Å². The van der Waals surface area contributed by atoms with E-state index in [-0.39, 0.29) is 17.1 Å². The molecule has 7 nitrogen and oxygen atoms in total. The molecule has 5 N–H and O–H groups in total. The van der Waals surface area contributed by atoms with Crippen molar-refractivity contribution in [1.82, 2.24) is 9.97 Å². The molecule has 0 saturated heterocycles.